The third-order valence-corrected chi connectivity index (χ3v) is 8.10. The number of anilines is 1. The van der Waals surface area contributed by atoms with E-state index in [4.69, 9.17) is 10.7 Å². The van der Waals surface area contributed by atoms with E-state index in [0.717, 1.165) is 40.7 Å². The van der Waals surface area contributed by atoms with Gasteiger partial charge in [0.1, 0.15) is 0 Å². The molecule has 2 N–H and O–H groups in total. The van der Waals surface area contributed by atoms with E-state index in [1.807, 2.05) is 23.7 Å². The fourth-order valence-electron chi connectivity index (χ4n) is 3.81. The van der Waals surface area contributed by atoms with Crippen LogP contribution >= 0.6 is 11.3 Å². The average Bonchev–Trinajstić information content (AvgIpc) is 3.22. The number of aromatic nitrogens is 2. The molecule has 0 aliphatic carbocycles. The number of nitrogens with zero attached hydrogens (tertiary/aromatic N) is 3. The van der Waals surface area contributed by atoms with E-state index >= 15 is 0 Å². The summed E-state index contributed by atoms with van der Waals surface area (Å²) in [7, 11) is -3.51. The average molecular weight is 425 g/mol. The summed E-state index contributed by atoms with van der Waals surface area (Å²) in [6.07, 6.45) is 2.89. The molecule has 0 spiro atoms. The van der Waals surface area contributed by atoms with E-state index in [-0.39, 0.29) is 4.90 Å². The van der Waals surface area contributed by atoms with Crippen LogP contribution in [0.4, 0.5) is 5.69 Å². The quantitative estimate of drug-likeness (QED) is 0.530. The van der Waals surface area contributed by atoms with E-state index in [9.17, 15) is 8.42 Å². The van der Waals surface area contributed by atoms with Gasteiger partial charge in [-0.25, -0.2) is 18.4 Å². The van der Waals surface area contributed by atoms with Crippen LogP contribution < -0.4 is 5.73 Å². The maximum Gasteiger partial charge on any atom is 0.243 e. The van der Waals surface area contributed by atoms with Crippen molar-refractivity contribution in [2.24, 2.45) is 0 Å². The number of hydrogen-bond acceptors (Lipinski definition) is 6. The molecule has 1 saturated heterocycles. The number of thiazole rings is 1. The molecule has 1 fully saturated rings. The predicted molar refractivity (Wildman–Crippen MR) is 117 cm³/mol. The van der Waals surface area contributed by atoms with Gasteiger partial charge in [0.2, 0.25) is 10.0 Å². The lowest BCUT2D eigenvalue weighted by Crippen LogP contribution is -2.35. The maximum absolute atomic E-state index is 13.0. The first-order valence-electron chi connectivity index (χ1n) is 9.56. The van der Waals surface area contributed by atoms with Crippen molar-refractivity contribution in [3.05, 3.63) is 48.0 Å². The van der Waals surface area contributed by atoms with Crippen LogP contribution in [0.1, 0.15) is 19.3 Å². The van der Waals surface area contributed by atoms with Crippen molar-refractivity contribution < 1.29 is 8.42 Å². The minimum atomic E-state index is -3.51. The Morgan fingerprint density at radius 2 is 1.79 bits per heavy atom. The molecule has 0 saturated carbocycles. The summed E-state index contributed by atoms with van der Waals surface area (Å²) in [6, 6.07) is 12.8. The molecule has 1 aliphatic heterocycles. The van der Waals surface area contributed by atoms with Crippen molar-refractivity contribution in [3.63, 3.8) is 0 Å². The number of rotatable bonds is 3. The zero-order chi connectivity index (χ0) is 20.0. The standard InChI is InChI=1S/C21H20N4O2S2/c22-17-12-19(14-4-7-21-20(10-14)23-13-28-21)24-18-6-5-15(11-16(17)18)29(26,27)25-8-2-1-3-9-25/h4-7,10-13H,1-3,8-9H2,(H2,22,24). The Hall–Kier alpha value is -2.55. The first-order valence-corrected chi connectivity index (χ1v) is 11.9. The zero-order valence-corrected chi connectivity index (χ0v) is 17.3. The summed E-state index contributed by atoms with van der Waals surface area (Å²) in [5.41, 5.74) is 11.9. The normalized spacial score (nSPS) is 15.9. The van der Waals surface area contributed by atoms with Gasteiger partial charge in [0.25, 0.3) is 0 Å². The zero-order valence-electron chi connectivity index (χ0n) is 15.7. The Morgan fingerprint density at radius 1 is 0.966 bits per heavy atom. The van der Waals surface area contributed by atoms with Crippen molar-refractivity contribution in [1.82, 2.24) is 14.3 Å². The monoisotopic (exact) mass is 424 g/mol. The van der Waals surface area contributed by atoms with Crippen LogP contribution in [0.25, 0.3) is 32.4 Å². The summed E-state index contributed by atoms with van der Waals surface area (Å²) in [6.45, 7) is 1.15. The molecular weight excluding hydrogens is 404 g/mol. The third-order valence-electron chi connectivity index (χ3n) is 5.39. The molecule has 29 heavy (non-hydrogen) atoms. The Bertz CT molecular complexity index is 1330. The van der Waals surface area contributed by atoms with E-state index in [0.29, 0.717) is 29.7 Å². The first kappa shape index (κ1) is 18.5. The van der Waals surface area contributed by atoms with E-state index in [1.165, 1.54) is 0 Å². The molecule has 0 amide bonds. The summed E-state index contributed by atoms with van der Waals surface area (Å²) in [4.78, 5) is 9.36. The lowest BCUT2D eigenvalue weighted by atomic mass is 10.1. The number of nitrogen functional groups attached to an aromatic ring is 1. The molecule has 2 aromatic carbocycles. The molecule has 0 bridgehead atoms. The van der Waals surface area contributed by atoms with Gasteiger partial charge in [0, 0.05) is 29.7 Å². The van der Waals surface area contributed by atoms with Crippen LogP contribution in [-0.2, 0) is 10.0 Å². The largest absolute Gasteiger partial charge is 0.398 e. The fourth-order valence-corrected chi connectivity index (χ4v) is 6.01. The van der Waals surface area contributed by atoms with Gasteiger partial charge in [-0.2, -0.15) is 4.31 Å². The minimum Gasteiger partial charge on any atom is -0.398 e. The Morgan fingerprint density at radius 3 is 2.62 bits per heavy atom. The van der Waals surface area contributed by atoms with Crippen LogP contribution in [0.15, 0.2) is 52.9 Å². The third kappa shape index (κ3) is 3.27. The Balaban J connectivity index is 1.57. The number of pyridine rings is 1. The van der Waals surface area contributed by atoms with Crippen molar-refractivity contribution in [2.75, 3.05) is 18.8 Å². The number of piperidine rings is 1. The highest BCUT2D eigenvalue weighted by molar-refractivity contribution is 7.89. The molecule has 0 radical (unpaired) electrons. The molecular formula is C21H20N4O2S2. The van der Waals surface area contributed by atoms with Crippen LogP contribution in [0.3, 0.4) is 0 Å². The topological polar surface area (TPSA) is 89.2 Å². The minimum absolute atomic E-state index is 0.275. The van der Waals surface area contributed by atoms with Gasteiger partial charge >= 0.3 is 0 Å². The fraction of sp³-hybridized carbons (Fsp3) is 0.238. The first-order chi connectivity index (χ1) is 14.0. The summed E-state index contributed by atoms with van der Waals surface area (Å²) < 4.78 is 28.7. The van der Waals surface area contributed by atoms with Crippen molar-refractivity contribution in [1.29, 1.82) is 0 Å². The highest BCUT2D eigenvalue weighted by Gasteiger charge is 2.26. The number of nitrogens with two attached hydrogens (primary N) is 1. The number of hydrogen-bond donors (Lipinski definition) is 1. The second-order valence-corrected chi connectivity index (χ2v) is 10.1. The van der Waals surface area contributed by atoms with Crippen LogP contribution in [-0.4, -0.2) is 35.8 Å². The maximum atomic E-state index is 13.0. The van der Waals surface area contributed by atoms with Crippen molar-refractivity contribution >= 4 is 48.2 Å². The second-order valence-electron chi connectivity index (χ2n) is 7.28. The molecule has 0 atom stereocenters. The molecule has 1 aliphatic rings. The Kier molecular flexibility index (Phi) is 4.49. The highest BCUT2D eigenvalue weighted by atomic mass is 32.2. The van der Waals surface area contributed by atoms with E-state index in [2.05, 4.69) is 4.98 Å². The van der Waals surface area contributed by atoms with Crippen molar-refractivity contribution in [2.45, 2.75) is 24.2 Å². The van der Waals surface area contributed by atoms with Gasteiger partial charge in [-0.1, -0.05) is 12.5 Å². The predicted octanol–water partition coefficient (Wildman–Crippen LogP) is 4.27. The van der Waals surface area contributed by atoms with Crippen LogP contribution in [0.2, 0.25) is 0 Å². The highest BCUT2D eigenvalue weighted by Crippen LogP contribution is 2.31. The molecule has 2 aromatic heterocycles. The smallest absolute Gasteiger partial charge is 0.243 e. The molecule has 5 rings (SSSR count). The summed E-state index contributed by atoms with van der Waals surface area (Å²) >= 11 is 1.60. The summed E-state index contributed by atoms with van der Waals surface area (Å²) in [5.74, 6) is 0. The number of fused-ring (bicyclic) bond motifs is 2. The lowest BCUT2D eigenvalue weighted by molar-refractivity contribution is 0.346. The Labute approximate surface area is 173 Å². The second kappa shape index (κ2) is 7.05. The SMILES string of the molecule is Nc1cc(-c2ccc3scnc3c2)nc2ccc(S(=O)(=O)N3CCCCC3)cc12. The molecule has 0 unspecified atom stereocenters. The van der Waals surface area contributed by atoms with Gasteiger partial charge in [-0.15, -0.1) is 11.3 Å². The molecule has 6 nitrogen and oxygen atoms in total. The number of sulfonamides is 1. The van der Waals surface area contributed by atoms with Gasteiger partial charge in [0.15, 0.2) is 0 Å². The lowest BCUT2D eigenvalue weighted by Gasteiger charge is -2.26. The van der Waals surface area contributed by atoms with Gasteiger partial charge in [-0.05, 0) is 49.2 Å². The van der Waals surface area contributed by atoms with Crippen LogP contribution in [0, 0.1) is 0 Å². The van der Waals surface area contributed by atoms with Gasteiger partial charge in [-0.3, -0.25) is 0 Å². The van der Waals surface area contributed by atoms with Crippen LogP contribution in [0.5, 0.6) is 0 Å². The van der Waals surface area contributed by atoms with E-state index in [1.54, 1.807) is 39.9 Å². The number of benzene rings is 2. The molecule has 8 heteroatoms. The van der Waals surface area contributed by atoms with Gasteiger partial charge in [0.05, 0.1) is 31.8 Å². The molecule has 3 heterocycles. The van der Waals surface area contributed by atoms with Crippen molar-refractivity contribution in [3.8, 4) is 11.3 Å². The summed E-state index contributed by atoms with van der Waals surface area (Å²) in [5, 5.41) is 0.654. The van der Waals surface area contributed by atoms with E-state index < -0.39 is 10.0 Å². The van der Waals surface area contributed by atoms with Gasteiger partial charge < -0.3 is 5.73 Å². The molecule has 4 aromatic rings. The molecule has 148 valence electrons.